The zero-order chi connectivity index (χ0) is 31.3. The Morgan fingerprint density at radius 2 is 0.435 bits per heavy atom. The second-order valence-corrected chi connectivity index (χ2v) is 35.5. The molecule has 0 nitrogen and oxygen atoms in total. The molecule has 0 saturated heterocycles. The number of hydrogen-bond donors (Lipinski definition) is 0. The molecule has 46 heavy (non-hydrogen) atoms. The fraction of sp³-hybridized carbons (Fsp3) is 0. The first-order chi connectivity index (χ1) is 22.7. The molecule has 0 atom stereocenters. The third-order valence-electron chi connectivity index (χ3n) is 8.54. The van der Waals surface area contributed by atoms with Gasteiger partial charge in [-0.15, -0.1) is 0 Å². The summed E-state index contributed by atoms with van der Waals surface area (Å²) in [5.41, 5.74) is 0. The molecule has 0 aliphatic heterocycles. The molecule has 7 rings (SSSR count). The van der Waals surface area contributed by atoms with Crippen LogP contribution in [0.2, 0.25) is 0 Å². The summed E-state index contributed by atoms with van der Waals surface area (Å²) >= 11 is 5.08. The van der Waals surface area contributed by atoms with E-state index in [-0.39, 0.29) is 0 Å². The summed E-state index contributed by atoms with van der Waals surface area (Å²) in [6, 6.07) is 74.0. The van der Waals surface area contributed by atoms with Gasteiger partial charge in [0.1, 0.15) is 0 Å². The normalized spacial score (nSPS) is 14.5. The maximum absolute atomic E-state index is 5.08. The topological polar surface area (TPSA) is 0 Å². The number of halogens is 1. The van der Waals surface area contributed by atoms with Gasteiger partial charge in [0.25, 0.3) is 0 Å². The first-order valence-electron chi connectivity index (χ1n) is 15.5. The summed E-state index contributed by atoms with van der Waals surface area (Å²) in [4.78, 5) is 0. The van der Waals surface area contributed by atoms with Gasteiger partial charge in [-0.1, -0.05) is 0 Å². The van der Waals surface area contributed by atoms with Crippen molar-refractivity contribution in [3.8, 4) is 0 Å². The van der Waals surface area contributed by atoms with Crippen molar-refractivity contribution in [1.82, 2.24) is 0 Å². The van der Waals surface area contributed by atoms with E-state index >= 15 is 0 Å². The Kier molecular flexibility index (Phi) is 9.18. The van der Waals surface area contributed by atoms with Crippen molar-refractivity contribution in [2.45, 2.75) is 0 Å². The molecule has 0 N–H and O–H groups in total. The molecule has 0 aliphatic carbocycles. The maximum atomic E-state index is 5.08. The van der Waals surface area contributed by atoms with Crippen molar-refractivity contribution in [3.05, 3.63) is 212 Å². The van der Waals surface area contributed by atoms with E-state index in [0.29, 0.717) is 0 Å². The average Bonchev–Trinajstić information content (AvgIpc) is 3.15. The van der Waals surface area contributed by atoms with Gasteiger partial charge in [0.05, 0.1) is 0 Å². The van der Waals surface area contributed by atoms with E-state index in [2.05, 4.69) is 212 Å². The van der Waals surface area contributed by atoms with E-state index in [1.807, 2.05) is 0 Å². The van der Waals surface area contributed by atoms with E-state index in [9.17, 15) is 0 Å². The van der Waals surface area contributed by atoms with Crippen LogP contribution in [0.15, 0.2) is 212 Å². The molecular weight excluding hydrogens is 705 g/mol. The van der Waals surface area contributed by atoms with Gasteiger partial charge in [-0.25, -0.2) is 0 Å². The fourth-order valence-corrected chi connectivity index (χ4v) is 53.3. The van der Waals surface area contributed by atoms with Gasteiger partial charge in [0.2, 0.25) is 0 Å². The van der Waals surface area contributed by atoms with E-state index in [1.165, 1.54) is 36.4 Å². The Morgan fingerprint density at radius 1 is 0.261 bits per heavy atom. The Balaban J connectivity index is 1.82. The van der Waals surface area contributed by atoms with Gasteiger partial charge in [-0.05, 0) is 0 Å². The zero-order valence-electron chi connectivity index (χ0n) is 25.4. The van der Waals surface area contributed by atoms with Crippen LogP contribution in [0, 0.1) is 0 Å². The summed E-state index contributed by atoms with van der Waals surface area (Å²) < 4.78 is 1.39. The van der Waals surface area contributed by atoms with Crippen LogP contribution < -0.4 is 36.4 Å². The SMILES string of the molecule is [Br][Ni]([c]1ccccc1)([PH](c1ccccc1)(c1ccccc1)c1ccccc1)[PH](c1ccccc1)(c1ccccc1)c1ccccc1. The molecule has 0 saturated carbocycles. The van der Waals surface area contributed by atoms with Crippen LogP contribution in [0.1, 0.15) is 0 Å². The molecule has 0 amide bonds. The minimum atomic E-state index is -3.03. The zero-order valence-corrected chi connectivity index (χ0v) is 30.0. The van der Waals surface area contributed by atoms with Crippen LogP contribution in [0.4, 0.5) is 0 Å². The molecule has 0 spiro atoms. The number of hydrogen-bond acceptors (Lipinski definition) is 0. The van der Waals surface area contributed by atoms with Crippen LogP contribution in [-0.2, 0) is 9.75 Å². The molecule has 0 unspecified atom stereocenters. The number of benzene rings is 7. The van der Waals surface area contributed by atoms with Gasteiger partial charge in [0, 0.05) is 0 Å². The number of rotatable bonds is 9. The third-order valence-corrected chi connectivity index (χ3v) is 46.6. The average molecular weight is 742 g/mol. The van der Waals surface area contributed by atoms with Crippen LogP contribution in [0.3, 0.4) is 0 Å². The predicted molar refractivity (Wildman–Crippen MR) is 208 cm³/mol. The molecule has 7 aromatic carbocycles. The first-order valence-corrected chi connectivity index (χ1v) is 25.0. The molecule has 0 heterocycles. The molecule has 4 heteroatoms. The Labute approximate surface area is 283 Å². The van der Waals surface area contributed by atoms with Crippen LogP contribution >= 0.6 is 26.3 Å². The molecule has 0 aromatic heterocycles. The van der Waals surface area contributed by atoms with E-state index in [1.54, 1.807) is 0 Å². The Bertz CT molecular complexity index is 1660. The molecule has 0 fully saturated rings. The summed E-state index contributed by atoms with van der Waals surface area (Å²) in [5.74, 6) is 0. The van der Waals surface area contributed by atoms with Crippen molar-refractivity contribution in [2.24, 2.45) is 0 Å². The molecule has 0 aliphatic rings. The monoisotopic (exact) mass is 740 g/mol. The van der Waals surface area contributed by atoms with Gasteiger partial charge in [0.15, 0.2) is 0 Å². The second-order valence-electron chi connectivity index (χ2n) is 11.1. The minimum absolute atomic E-state index is 1.39. The quantitative estimate of drug-likeness (QED) is 0.104. The Hall–Kier alpha value is -3.63. The van der Waals surface area contributed by atoms with Crippen LogP contribution in [-0.4, -0.2) is 0 Å². The van der Waals surface area contributed by atoms with Gasteiger partial charge in [-0.3, -0.25) is 0 Å². The summed E-state index contributed by atoms with van der Waals surface area (Å²) in [6.45, 7) is 0. The second kappa shape index (κ2) is 13.6. The fourth-order valence-electron chi connectivity index (χ4n) is 6.70. The van der Waals surface area contributed by atoms with Crippen molar-refractivity contribution < 1.29 is 9.75 Å². The molecule has 0 bridgehead atoms. The molecule has 0 radical (unpaired) electrons. The van der Waals surface area contributed by atoms with Gasteiger partial charge >= 0.3 is 285 Å². The molecule has 7 aromatic rings. The first kappa shape index (κ1) is 31.0. The summed E-state index contributed by atoms with van der Waals surface area (Å²) in [7, 11) is -2.24. The van der Waals surface area contributed by atoms with E-state index in [4.69, 9.17) is 14.2 Å². The van der Waals surface area contributed by atoms with Crippen molar-refractivity contribution in [1.29, 1.82) is 0 Å². The van der Waals surface area contributed by atoms with E-state index in [0.717, 1.165) is 0 Å². The van der Waals surface area contributed by atoms with E-state index < -0.39 is 21.8 Å². The summed E-state index contributed by atoms with van der Waals surface area (Å²) in [5, 5.41) is 8.46. The molecular formula is C42H37BrNiP2. The van der Waals surface area contributed by atoms with Crippen molar-refractivity contribution >= 4 is 62.7 Å². The standard InChI is InChI=1S/2C18H15P.C6H5.BrH.Ni/c2*1-4-10-16(11-5-1)19(17-12-6-2-7-13-17)18-14-8-3-9-15-18;1-2-4-6-5-3-1;;/h2*1-15H;1-5H;1H;/q;;;;-1/p+1. The van der Waals surface area contributed by atoms with Crippen LogP contribution in [0.5, 0.6) is 0 Å². The van der Waals surface area contributed by atoms with Crippen molar-refractivity contribution in [2.75, 3.05) is 0 Å². The summed E-state index contributed by atoms with van der Waals surface area (Å²) in [6.07, 6.45) is 0. The van der Waals surface area contributed by atoms with Crippen molar-refractivity contribution in [3.63, 3.8) is 0 Å². The Morgan fingerprint density at radius 3 is 0.630 bits per heavy atom. The third kappa shape index (κ3) is 4.96. The predicted octanol–water partition coefficient (Wildman–Crippen LogP) is 8.06. The van der Waals surface area contributed by atoms with Gasteiger partial charge < -0.3 is 0 Å². The molecule has 232 valence electrons. The van der Waals surface area contributed by atoms with Gasteiger partial charge in [-0.2, -0.15) is 0 Å². The van der Waals surface area contributed by atoms with Crippen LogP contribution in [0.25, 0.3) is 0 Å².